The molecule has 0 aliphatic heterocycles. The average molecular weight is 414 g/mol. The number of aromatic nitrogens is 2. The Labute approximate surface area is 173 Å². The van der Waals surface area contributed by atoms with Gasteiger partial charge in [-0.15, -0.1) is 0 Å². The molecule has 3 rings (SSSR count). The van der Waals surface area contributed by atoms with Gasteiger partial charge in [-0.3, -0.25) is 4.68 Å². The highest BCUT2D eigenvalue weighted by Gasteiger charge is 2.19. The summed E-state index contributed by atoms with van der Waals surface area (Å²) in [6, 6.07) is 15.8. The number of oxime groups is 1. The van der Waals surface area contributed by atoms with Crippen molar-refractivity contribution in [1.82, 2.24) is 9.78 Å². The Morgan fingerprint density at radius 2 is 1.86 bits per heavy atom. The highest BCUT2D eigenvalue weighted by atomic mass is 35.5. The van der Waals surface area contributed by atoms with Gasteiger partial charge < -0.3 is 14.7 Å². The third-order valence-corrected chi connectivity index (χ3v) is 4.50. The van der Waals surface area contributed by atoms with Crippen LogP contribution in [0.1, 0.15) is 23.0 Å². The van der Waals surface area contributed by atoms with E-state index in [2.05, 4.69) is 10.3 Å². The van der Waals surface area contributed by atoms with Gasteiger partial charge in [-0.05, 0) is 49.4 Å². The largest absolute Gasteiger partial charge is 0.497 e. The van der Waals surface area contributed by atoms with E-state index in [0.29, 0.717) is 22.0 Å². The number of hydrogen-bond acceptors (Lipinski definition) is 6. The van der Waals surface area contributed by atoms with Gasteiger partial charge in [0.1, 0.15) is 17.2 Å². The fourth-order valence-corrected chi connectivity index (χ4v) is 2.90. The molecule has 0 unspecified atom stereocenters. The zero-order chi connectivity index (χ0) is 20.8. The van der Waals surface area contributed by atoms with Gasteiger partial charge >= 0.3 is 5.97 Å². The van der Waals surface area contributed by atoms with E-state index in [1.807, 2.05) is 24.3 Å². The Balaban J connectivity index is 1.97. The number of methoxy groups -OCH3 is 1. The van der Waals surface area contributed by atoms with Crippen molar-refractivity contribution >= 4 is 23.3 Å². The minimum absolute atomic E-state index is 0.0719. The molecule has 0 atom stereocenters. The second-order valence-electron chi connectivity index (χ2n) is 6.08. The van der Waals surface area contributed by atoms with Crippen LogP contribution in [0.25, 0.3) is 11.3 Å². The van der Waals surface area contributed by atoms with Gasteiger partial charge in [-0.1, -0.05) is 28.9 Å². The van der Waals surface area contributed by atoms with E-state index in [-0.39, 0.29) is 18.8 Å². The highest BCUT2D eigenvalue weighted by molar-refractivity contribution is 6.30. The molecule has 1 heterocycles. The van der Waals surface area contributed by atoms with E-state index in [4.69, 9.17) is 21.1 Å². The molecular weight excluding hydrogens is 394 g/mol. The second kappa shape index (κ2) is 9.25. The summed E-state index contributed by atoms with van der Waals surface area (Å²) in [5.74, 6) is 0.212. The van der Waals surface area contributed by atoms with Crippen molar-refractivity contribution in [2.75, 3.05) is 13.7 Å². The third kappa shape index (κ3) is 4.75. The highest BCUT2D eigenvalue weighted by Crippen LogP contribution is 2.23. The Bertz CT molecular complexity index is 1010. The van der Waals surface area contributed by atoms with Crippen LogP contribution in [0.5, 0.6) is 5.75 Å². The normalized spacial score (nSPS) is 11.3. The van der Waals surface area contributed by atoms with Gasteiger partial charge in [0, 0.05) is 16.1 Å². The topological polar surface area (TPSA) is 85.9 Å². The summed E-state index contributed by atoms with van der Waals surface area (Å²) in [5, 5.41) is 18.0. The van der Waals surface area contributed by atoms with Crippen molar-refractivity contribution in [2.45, 2.75) is 13.5 Å². The SMILES string of the molecule is CCOC(=O)c1cc(-c2ccc(OC)cc2)nn1C/C(=N/O)c1ccc(Cl)cc1. The van der Waals surface area contributed by atoms with Gasteiger partial charge in [-0.2, -0.15) is 5.10 Å². The summed E-state index contributed by atoms with van der Waals surface area (Å²) in [6.45, 7) is 2.04. The van der Waals surface area contributed by atoms with Crippen LogP contribution < -0.4 is 4.74 Å². The van der Waals surface area contributed by atoms with Crippen molar-refractivity contribution in [2.24, 2.45) is 5.16 Å². The smallest absolute Gasteiger partial charge is 0.356 e. The molecule has 29 heavy (non-hydrogen) atoms. The maximum Gasteiger partial charge on any atom is 0.356 e. The first kappa shape index (κ1) is 20.4. The molecule has 0 amide bonds. The Morgan fingerprint density at radius 3 is 2.45 bits per heavy atom. The monoisotopic (exact) mass is 413 g/mol. The molecule has 0 aliphatic rings. The molecule has 7 nitrogen and oxygen atoms in total. The average Bonchev–Trinajstić information content (AvgIpc) is 3.17. The number of esters is 1. The molecule has 2 aromatic carbocycles. The summed E-state index contributed by atoms with van der Waals surface area (Å²) >= 11 is 5.92. The van der Waals surface area contributed by atoms with Crippen LogP contribution in [-0.2, 0) is 11.3 Å². The quantitative estimate of drug-likeness (QED) is 0.270. The predicted molar refractivity (Wildman–Crippen MR) is 110 cm³/mol. The maximum absolute atomic E-state index is 12.4. The Morgan fingerprint density at radius 1 is 1.17 bits per heavy atom. The standard InChI is InChI=1S/C21H20ClN3O4/c1-3-29-21(26)20-12-18(14-6-10-17(28-2)11-7-14)23-25(20)13-19(24-27)15-4-8-16(22)9-5-15/h4-12,27H,3,13H2,1-2H3/b24-19-. The van der Waals surface area contributed by atoms with Gasteiger partial charge in [-0.25, -0.2) is 4.79 Å². The van der Waals surface area contributed by atoms with Crippen LogP contribution in [0.15, 0.2) is 59.8 Å². The van der Waals surface area contributed by atoms with E-state index < -0.39 is 5.97 Å². The Kier molecular flexibility index (Phi) is 6.51. The van der Waals surface area contributed by atoms with E-state index in [0.717, 1.165) is 11.3 Å². The van der Waals surface area contributed by atoms with Crippen molar-refractivity contribution in [3.63, 3.8) is 0 Å². The molecule has 0 bridgehead atoms. The van der Waals surface area contributed by atoms with Crippen LogP contribution in [0.4, 0.5) is 0 Å². The number of rotatable bonds is 7. The first-order valence-electron chi connectivity index (χ1n) is 8.92. The number of carbonyl (C=O) groups is 1. The van der Waals surface area contributed by atoms with Crippen LogP contribution in [0.2, 0.25) is 5.02 Å². The lowest BCUT2D eigenvalue weighted by Gasteiger charge is -2.09. The number of carbonyl (C=O) groups excluding carboxylic acids is 1. The molecule has 0 spiro atoms. The van der Waals surface area contributed by atoms with E-state index in [1.54, 1.807) is 44.4 Å². The van der Waals surface area contributed by atoms with E-state index in [9.17, 15) is 10.0 Å². The number of ether oxygens (including phenoxy) is 2. The van der Waals surface area contributed by atoms with Gasteiger partial charge in [0.05, 0.1) is 26.0 Å². The number of nitrogens with zero attached hydrogens (tertiary/aromatic N) is 3. The number of benzene rings is 2. The molecule has 1 N–H and O–H groups in total. The summed E-state index contributed by atoms with van der Waals surface area (Å²) < 4.78 is 11.8. The molecule has 0 radical (unpaired) electrons. The van der Waals surface area contributed by atoms with Crippen LogP contribution in [0.3, 0.4) is 0 Å². The van der Waals surface area contributed by atoms with Crippen molar-refractivity contribution < 1.29 is 19.5 Å². The predicted octanol–water partition coefficient (Wildman–Crippen LogP) is 4.27. The van der Waals surface area contributed by atoms with Gasteiger partial charge in [0.15, 0.2) is 0 Å². The first-order chi connectivity index (χ1) is 14.0. The summed E-state index contributed by atoms with van der Waals surface area (Å²) in [5.41, 5.74) is 2.64. The molecule has 150 valence electrons. The number of halogens is 1. The van der Waals surface area contributed by atoms with E-state index in [1.165, 1.54) is 4.68 Å². The fourth-order valence-electron chi connectivity index (χ4n) is 2.77. The molecule has 0 aliphatic carbocycles. The van der Waals surface area contributed by atoms with Crippen LogP contribution in [-0.4, -0.2) is 40.4 Å². The van der Waals surface area contributed by atoms with Gasteiger partial charge in [0.2, 0.25) is 0 Å². The fraction of sp³-hybridized carbons (Fsp3) is 0.190. The first-order valence-corrected chi connectivity index (χ1v) is 9.29. The minimum Gasteiger partial charge on any atom is -0.497 e. The summed E-state index contributed by atoms with van der Waals surface area (Å²) in [7, 11) is 1.59. The maximum atomic E-state index is 12.4. The molecule has 1 aromatic heterocycles. The van der Waals surface area contributed by atoms with Crippen molar-refractivity contribution in [3.8, 4) is 17.0 Å². The zero-order valence-corrected chi connectivity index (χ0v) is 16.8. The lowest BCUT2D eigenvalue weighted by Crippen LogP contribution is -2.19. The molecule has 0 fully saturated rings. The van der Waals surface area contributed by atoms with Crippen LogP contribution >= 0.6 is 11.6 Å². The zero-order valence-electron chi connectivity index (χ0n) is 16.0. The van der Waals surface area contributed by atoms with Crippen molar-refractivity contribution in [3.05, 3.63) is 70.9 Å². The molecular formula is C21H20ClN3O4. The van der Waals surface area contributed by atoms with E-state index >= 15 is 0 Å². The van der Waals surface area contributed by atoms with Gasteiger partial charge in [0.25, 0.3) is 0 Å². The molecule has 8 heteroatoms. The third-order valence-electron chi connectivity index (χ3n) is 4.25. The summed E-state index contributed by atoms with van der Waals surface area (Å²) in [6.07, 6.45) is 0. The summed E-state index contributed by atoms with van der Waals surface area (Å²) in [4.78, 5) is 12.4. The van der Waals surface area contributed by atoms with Crippen molar-refractivity contribution in [1.29, 1.82) is 0 Å². The molecule has 0 saturated heterocycles. The minimum atomic E-state index is -0.506. The lowest BCUT2D eigenvalue weighted by molar-refractivity contribution is 0.0513. The molecule has 3 aromatic rings. The van der Waals surface area contributed by atoms with Crippen LogP contribution in [0, 0.1) is 0 Å². The Hall–Kier alpha value is -3.32. The second-order valence-corrected chi connectivity index (χ2v) is 6.51. The number of hydrogen-bond donors (Lipinski definition) is 1. The lowest BCUT2D eigenvalue weighted by atomic mass is 10.1. The molecule has 0 saturated carbocycles.